The summed E-state index contributed by atoms with van der Waals surface area (Å²) >= 11 is 3.28. The normalized spacial score (nSPS) is 10.3. The van der Waals surface area contributed by atoms with Gasteiger partial charge in [0.25, 0.3) is 5.91 Å². The van der Waals surface area contributed by atoms with E-state index in [2.05, 4.69) is 33.2 Å². The summed E-state index contributed by atoms with van der Waals surface area (Å²) in [7, 11) is 0. The van der Waals surface area contributed by atoms with Crippen LogP contribution >= 0.6 is 15.9 Å². The lowest BCUT2D eigenvalue weighted by Crippen LogP contribution is -2.14. The predicted octanol–water partition coefficient (Wildman–Crippen LogP) is 3.63. The number of aromatic nitrogens is 1. The first-order valence-corrected chi connectivity index (χ1v) is 7.20. The SMILES string of the molecule is CCCc1ccc(NC(=O)c2cc(Br)cnc2N)cc1. The van der Waals surface area contributed by atoms with Gasteiger partial charge in [0.15, 0.2) is 0 Å². The zero-order chi connectivity index (χ0) is 14.5. The molecule has 1 aromatic heterocycles. The number of halogens is 1. The minimum Gasteiger partial charge on any atom is -0.383 e. The predicted molar refractivity (Wildman–Crippen MR) is 84.7 cm³/mol. The Labute approximate surface area is 126 Å². The molecule has 3 N–H and O–H groups in total. The molecule has 0 aliphatic carbocycles. The highest BCUT2D eigenvalue weighted by molar-refractivity contribution is 9.10. The number of hydrogen-bond acceptors (Lipinski definition) is 3. The Balaban J connectivity index is 2.13. The van der Waals surface area contributed by atoms with E-state index in [-0.39, 0.29) is 11.7 Å². The first-order chi connectivity index (χ1) is 9.60. The molecular formula is C15H16BrN3O. The summed E-state index contributed by atoms with van der Waals surface area (Å²) in [5.41, 5.74) is 8.08. The van der Waals surface area contributed by atoms with Gasteiger partial charge in [-0.1, -0.05) is 25.5 Å². The van der Waals surface area contributed by atoms with Crippen LogP contribution in [0.15, 0.2) is 41.0 Å². The fourth-order valence-corrected chi connectivity index (χ4v) is 2.20. The maximum absolute atomic E-state index is 12.1. The second-order valence-electron chi connectivity index (χ2n) is 4.49. The van der Waals surface area contributed by atoms with E-state index in [1.54, 1.807) is 12.3 Å². The lowest BCUT2D eigenvalue weighted by molar-refractivity contribution is 0.102. The van der Waals surface area contributed by atoms with Gasteiger partial charge in [-0.25, -0.2) is 4.98 Å². The summed E-state index contributed by atoms with van der Waals surface area (Å²) in [6.45, 7) is 2.14. The minimum atomic E-state index is -0.264. The summed E-state index contributed by atoms with van der Waals surface area (Å²) in [5.74, 6) is -0.0483. The molecule has 1 aromatic carbocycles. The van der Waals surface area contributed by atoms with E-state index in [0.29, 0.717) is 5.56 Å². The fraction of sp³-hybridized carbons (Fsp3) is 0.200. The number of aryl methyl sites for hydroxylation is 1. The highest BCUT2D eigenvalue weighted by Gasteiger charge is 2.11. The van der Waals surface area contributed by atoms with E-state index >= 15 is 0 Å². The number of rotatable bonds is 4. The molecule has 0 radical (unpaired) electrons. The summed E-state index contributed by atoms with van der Waals surface area (Å²) in [6.07, 6.45) is 3.70. The van der Waals surface area contributed by atoms with E-state index in [9.17, 15) is 4.79 Å². The van der Waals surface area contributed by atoms with E-state index in [4.69, 9.17) is 5.73 Å². The van der Waals surface area contributed by atoms with Gasteiger partial charge in [0.05, 0.1) is 5.56 Å². The Morgan fingerprint density at radius 1 is 1.35 bits per heavy atom. The van der Waals surface area contributed by atoms with Crippen molar-refractivity contribution in [2.45, 2.75) is 19.8 Å². The van der Waals surface area contributed by atoms with Gasteiger partial charge in [0.2, 0.25) is 0 Å². The summed E-state index contributed by atoms with van der Waals surface area (Å²) in [6, 6.07) is 9.47. The number of pyridine rings is 1. The highest BCUT2D eigenvalue weighted by atomic mass is 79.9. The molecular weight excluding hydrogens is 318 g/mol. The number of anilines is 2. The Kier molecular flexibility index (Phi) is 4.74. The molecule has 2 rings (SSSR count). The topological polar surface area (TPSA) is 68.0 Å². The lowest BCUT2D eigenvalue weighted by atomic mass is 10.1. The number of hydrogen-bond donors (Lipinski definition) is 2. The van der Waals surface area contributed by atoms with Crippen molar-refractivity contribution in [1.29, 1.82) is 0 Å². The average molecular weight is 334 g/mol. The van der Waals surface area contributed by atoms with Gasteiger partial charge in [-0.3, -0.25) is 4.79 Å². The molecule has 2 aromatic rings. The third kappa shape index (κ3) is 3.57. The number of nitrogens with two attached hydrogens (primary N) is 1. The van der Waals surface area contributed by atoms with Crippen molar-refractivity contribution in [3.8, 4) is 0 Å². The van der Waals surface area contributed by atoms with Crippen molar-refractivity contribution in [2.75, 3.05) is 11.1 Å². The Morgan fingerprint density at radius 3 is 2.70 bits per heavy atom. The first-order valence-electron chi connectivity index (χ1n) is 6.41. The van der Waals surface area contributed by atoms with Crippen molar-refractivity contribution in [3.05, 3.63) is 52.1 Å². The zero-order valence-electron chi connectivity index (χ0n) is 11.2. The van der Waals surface area contributed by atoms with Crippen LogP contribution in [0.3, 0.4) is 0 Å². The second kappa shape index (κ2) is 6.52. The van der Waals surface area contributed by atoms with Gasteiger partial charge in [0.1, 0.15) is 5.82 Å². The van der Waals surface area contributed by atoms with Crippen LogP contribution in [0.1, 0.15) is 29.3 Å². The molecule has 0 bridgehead atoms. The van der Waals surface area contributed by atoms with Crippen LogP contribution in [-0.4, -0.2) is 10.9 Å². The monoisotopic (exact) mass is 333 g/mol. The number of carbonyl (C=O) groups excluding carboxylic acids is 1. The average Bonchev–Trinajstić information content (AvgIpc) is 2.44. The molecule has 0 spiro atoms. The van der Waals surface area contributed by atoms with Gasteiger partial charge in [-0.05, 0) is 46.1 Å². The molecule has 1 amide bonds. The number of amides is 1. The third-order valence-corrected chi connectivity index (χ3v) is 3.31. The van der Waals surface area contributed by atoms with Crippen molar-refractivity contribution < 1.29 is 4.79 Å². The number of carbonyl (C=O) groups is 1. The smallest absolute Gasteiger partial charge is 0.259 e. The lowest BCUT2D eigenvalue weighted by Gasteiger charge is -2.08. The van der Waals surface area contributed by atoms with Gasteiger partial charge >= 0.3 is 0 Å². The molecule has 0 atom stereocenters. The molecule has 0 saturated heterocycles. The molecule has 1 heterocycles. The van der Waals surface area contributed by atoms with E-state index < -0.39 is 0 Å². The molecule has 4 nitrogen and oxygen atoms in total. The number of benzene rings is 1. The van der Waals surface area contributed by atoms with E-state index in [1.165, 1.54) is 5.56 Å². The van der Waals surface area contributed by atoms with Gasteiger partial charge < -0.3 is 11.1 Å². The number of nitrogen functional groups attached to an aromatic ring is 1. The third-order valence-electron chi connectivity index (χ3n) is 2.88. The molecule has 0 aliphatic heterocycles. The number of nitrogens with zero attached hydrogens (tertiary/aromatic N) is 1. The Bertz CT molecular complexity index is 611. The largest absolute Gasteiger partial charge is 0.383 e. The quantitative estimate of drug-likeness (QED) is 0.897. The zero-order valence-corrected chi connectivity index (χ0v) is 12.8. The summed E-state index contributed by atoms with van der Waals surface area (Å²) < 4.78 is 0.718. The molecule has 104 valence electrons. The van der Waals surface area contributed by atoms with Crippen molar-refractivity contribution in [3.63, 3.8) is 0 Å². The molecule has 0 fully saturated rings. The van der Waals surface area contributed by atoms with Crippen molar-refractivity contribution >= 4 is 33.3 Å². The van der Waals surface area contributed by atoms with E-state index in [0.717, 1.165) is 23.0 Å². The molecule has 0 unspecified atom stereocenters. The first kappa shape index (κ1) is 14.5. The van der Waals surface area contributed by atoms with Gasteiger partial charge in [-0.2, -0.15) is 0 Å². The van der Waals surface area contributed by atoms with Crippen LogP contribution in [0.5, 0.6) is 0 Å². The van der Waals surface area contributed by atoms with Crippen molar-refractivity contribution in [2.24, 2.45) is 0 Å². The Hall–Kier alpha value is -1.88. The highest BCUT2D eigenvalue weighted by Crippen LogP contribution is 2.18. The molecule has 0 aliphatic rings. The summed E-state index contributed by atoms with van der Waals surface area (Å²) in [5, 5.41) is 2.82. The standard InChI is InChI=1S/C15H16BrN3O/c1-2-3-10-4-6-12(7-5-10)19-15(20)13-8-11(16)9-18-14(13)17/h4-9H,2-3H2,1H3,(H2,17,18)(H,19,20). The van der Waals surface area contributed by atoms with Crippen LogP contribution in [0.4, 0.5) is 11.5 Å². The number of nitrogens with one attached hydrogen (secondary N) is 1. The van der Waals surface area contributed by atoms with Crippen LogP contribution in [0.2, 0.25) is 0 Å². The van der Waals surface area contributed by atoms with E-state index in [1.807, 2.05) is 24.3 Å². The fourth-order valence-electron chi connectivity index (χ4n) is 1.87. The van der Waals surface area contributed by atoms with Crippen LogP contribution in [0, 0.1) is 0 Å². The molecule has 5 heteroatoms. The van der Waals surface area contributed by atoms with Crippen LogP contribution < -0.4 is 11.1 Å². The maximum atomic E-state index is 12.1. The summed E-state index contributed by atoms with van der Waals surface area (Å²) in [4.78, 5) is 16.1. The van der Waals surface area contributed by atoms with Crippen molar-refractivity contribution in [1.82, 2.24) is 4.98 Å². The Morgan fingerprint density at radius 2 is 2.05 bits per heavy atom. The van der Waals surface area contributed by atoms with Crippen LogP contribution in [0.25, 0.3) is 0 Å². The minimum absolute atomic E-state index is 0.216. The van der Waals surface area contributed by atoms with Crippen LogP contribution in [-0.2, 0) is 6.42 Å². The van der Waals surface area contributed by atoms with Gasteiger partial charge in [-0.15, -0.1) is 0 Å². The molecule has 0 saturated carbocycles. The van der Waals surface area contributed by atoms with Gasteiger partial charge in [0, 0.05) is 16.4 Å². The molecule has 20 heavy (non-hydrogen) atoms. The maximum Gasteiger partial charge on any atom is 0.259 e. The second-order valence-corrected chi connectivity index (χ2v) is 5.40.